The van der Waals surface area contributed by atoms with E-state index in [0.29, 0.717) is 27.4 Å². The first-order valence-corrected chi connectivity index (χ1v) is 12.8. The van der Waals surface area contributed by atoms with Crippen LogP contribution in [0.1, 0.15) is 26.6 Å². The number of H-pyrrole nitrogens is 1. The minimum absolute atomic E-state index is 0.0664. The highest BCUT2D eigenvalue weighted by atomic mass is 79.9. The molecule has 2 aromatic heterocycles. The number of carbonyl (C=O) groups excluding carboxylic acids is 2. The summed E-state index contributed by atoms with van der Waals surface area (Å²) >= 11 is 13.4. The Morgan fingerprint density at radius 1 is 1.00 bits per heavy atom. The molecule has 0 bridgehead atoms. The quantitative estimate of drug-likeness (QED) is 0.0865. The Labute approximate surface area is 232 Å². The number of aromatic amines is 1. The van der Waals surface area contributed by atoms with Crippen LogP contribution in [0.5, 0.6) is 5.75 Å². The van der Waals surface area contributed by atoms with Crippen molar-refractivity contribution >= 4 is 72.5 Å². The van der Waals surface area contributed by atoms with Crippen molar-refractivity contribution < 1.29 is 18.7 Å². The van der Waals surface area contributed by atoms with E-state index in [1.807, 2.05) is 36.4 Å². The summed E-state index contributed by atoms with van der Waals surface area (Å²) in [6, 6.07) is 21.1. The van der Waals surface area contributed by atoms with Gasteiger partial charge in [-0.15, -0.1) is 0 Å². The summed E-state index contributed by atoms with van der Waals surface area (Å²) < 4.78 is 12.1. The molecule has 0 atom stereocenters. The topological polar surface area (TPSA) is 96.7 Å². The zero-order chi connectivity index (χ0) is 25.9. The zero-order valence-electron chi connectivity index (χ0n) is 18.8. The van der Waals surface area contributed by atoms with Crippen LogP contribution >= 0.6 is 43.5 Å². The van der Waals surface area contributed by atoms with Crippen LogP contribution in [0.25, 0.3) is 22.0 Å². The lowest BCUT2D eigenvalue weighted by Crippen LogP contribution is -2.19. The summed E-state index contributed by atoms with van der Waals surface area (Å²) in [5.41, 5.74) is 5.45. The van der Waals surface area contributed by atoms with Gasteiger partial charge in [0.25, 0.3) is 5.91 Å². The standard InChI is InChI=1S/C27H16Br2ClN3O4/c28-16-8-10-22(37-27(35)23-6-3-11-36-23)15(12-16)14-31-33-26(34)25-24(18-4-1-2-5-20(18)30)19-13-17(29)7-9-21(19)32-25/h1-14,32H,(H,33,34). The number of benzene rings is 3. The molecule has 10 heteroatoms. The van der Waals surface area contributed by atoms with Crippen molar-refractivity contribution in [3.05, 3.63) is 110 Å². The maximum atomic E-state index is 13.3. The second-order valence-electron chi connectivity index (χ2n) is 7.79. The Hall–Kier alpha value is -3.66. The molecular weight excluding hydrogens is 626 g/mol. The van der Waals surface area contributed by atoms with Gasteiger partial charge in [0.05, 0.1) is 12.5 Å². The Kier molecular flexibility index (Phi) is 7.27. The van der Waals surface area contributed by atoms with E-state index in [1.165, 1.54) is 18.5 Å². The number of hydrogen-bond donors (Lipinski definition) is 2. The van der Waals surface area contributed by atoms with E-state index in [1.54, 1.807) is 30.3 Å². The Bertz CT molecular complexity index is 1660. The SMILES string of the molecule is O=C(Oc1ccc(Br)cc1C=NNC(=O)c1[nH]c2ccc(Br)cc2c1-c1ccccc1Cl)c1ccco1. The molecule has 5 aromatic rings. The number of carbonyl (C=O) groups is 2. The van der Waals surface area contributed by atoms with Gasteiger partial charge in [0.15, 0.2) is 0 Å². The van der Waals surface area contributed by atoms with Gasteiger partial charge in [-0.2, -0.15) is 5.10 Å². The maximum Gasteiger partial charge on any atom is 0.379 e. The largest absolute Gasteiger partial charge is 0.457 e. The van der Waals surface area contributed by atoms with E-state index in [0.717, 1.165) is 19.8 Å². The third-order valence-electron chi connectivity index (χ3n) is 5.40. The highest BCUT2D eigenvalue weighted by molar-refractivity contribution is 9.10. The number of ether oxygens (including phenoxy) is 1. The van der Waals surface area contributed by atoms with E-state index >= 15 is 0 Å². The molecule has 0 fully saturated rings. The van der Waals surface area contributed by atoms with Crippen molar-refractivity contribution in [2.75, 3.05) is 0 Å². The average molecular weight is 642 g/mol. The fraction of sp³-hybridized carbons (Fsp3) is 0. The van der Waals surface area contributed by atoms with Crippen LogP contribution < -0.4 is 10.2 Å². The van der Waals surface area contributed by atoms with Gasteiger partial charge in [-0.1, -0.05) is 61.7 Å². The molecule has 0 aliphatic heterocycles. The van der Waals surface area contributed by atoms with Crippen molar-refractivity contribution in [3.63, 3.8) is 0 Å². The number of amides is 1. The smallest absolute Gasteiger partial charge is 0.379 e. The molecule has 2 N–H and O–H groups in total. The number of halogens is 3. The highest BCUT2D eigenvalue weighted by Crippen LogP contribution is 2.37. The number of furan rings is 1. The van der Waals surface area contributed by atoms with Crippen LogP contribution in [-0.2, 0) is 0 Å². The third kappa shape index (κ3) is 5.39. The normalized spacial score (nSPS) is 11.2. The molecule has 37 heavy (non-hydrogen) atoms. The fourth-order valence-electron chi connectivity index (χ4n) is 3.75. The highest BCUT2D eigenvalue weighted by Gasteiger charge is 2.21. The second kappa shape index (κ2) is 10.8. The zero-order valence-corrected chi connectivity index (χ0v) is 22.7. The molecule has 5 rings (SSSR count). The number of nitrogens with zero attached hydrogens (tertiary/aromatic N) is 1. The van der Waals surface area contributed by atoms with Gasteiger partial charge in [-0.25, -0.2) is 10.2 Å². The number of aromatic nitrogens is 1. The molecule has 0 aliphatic carbocycles. The summed E-state index contributed by atoms with van der Waals surface area (Å²) in [4.78, 5) is 28.8. The van der Waals surface area contributed by atoms with E-state index < -0.39 is 11.9 Å². The Balaban J connectivity index is 1.44. The van der Waals surface area contributed by atoms with E-state index in [9.17, 15) is 9.59 Å². The van der Waals surface area contributed by atoms with Crippen LogP contribution in [0.3, 0.4) is 0 Å². The second-order valence-corrected chi connectivity index (χ2v) is 10.0. The van der Waals surface area contributed by atoms with Gasteiger partial charge < -0.3 is 14.1 Å². The number of hydrogen-bond acceptors (Lipinski definition) is 5. The first kappa shape index (κ1) is 25.0. The summed E-state index contributed by atoms with van der Waals surface area (Å²) in [6.07, 6.45) is 2.78. The van der Waals surface area contributed by atoms with Crippen molar-refractivity contribution in [1.29, 1.82) is 0 Å². The predicted octanol–water partition coefficient (Wildman–Crippen LogP) is 7.59. The van der Waals surface area contributed by atoms with Crippen molar-refractivity contribution in [3.8, 4) is 16.9 Å². The lowest BCUT2D eigenvalue weighted by Gasteiger charge is -2.08. The van der Waals surface area contributed by atoms with Crippen molar-refractivity contribution in [2.45, 2.75) is 0 Å². The van der Waals surface area contributed by atoms with Crippen LogP contribution in [0.2, 0.25) is 5.02 Å². The van der Waals surface area contributed by atoms with Gasteiger partial charge in [0.2, 0.25) is 5.76 Å². The van der Waals surface area contributed by atoms with E-state index in [2.05, 4.69) is 47.4 Å². The summed E-state index contributed by atoms with van der Waals surface area (Å²) in [5.74, 6) is -0.811. The first-order chi connectivity index (χ1) is 17.9. The summed E-state index contributed by atoms with van der Waals surface area (Å²) in [5, 5.41) is 5.45. The van der Waals surface area contributed by atoms with Gasteiger partial charge in [-0.3, -0.25) is 4.79 Å². The number of esters is 1. The van der Waals surface area contributed by atoms with Crippen LogP contribution in [0.15, 0.2) is 97.5 Å². The third-order valence-corrected chi connectivity index (χ3v) is 6.71. The van der Waals surface area contributed by atoms with Gasteiger partial charge in [0, 0.05) is 41.6 Å². The molecule has 0 unspecified atom stereocenters. The van der Waals surface area contributed by atoms with Gasteiger partial charge in [0.1, 0.15) is 11.4 Å². The molecule has 1 amide bonds. The van der Waals surface area contributed by atoms with Crippen LogP contribution in [0.4, 0.5) is 0 Å². The lowest BCUT2D eigenvalue weighted by atomic mass is 10.0. The molecule has 0 saturated heterocycles. The predicted molar refractivity (Wildman–Crippen MR) is 149 cm³/mol. The molecular formula is C27H16Br2ClN3O4. The van der Waals surface area contributed by atoms with Crippen LogP contribution in [-0.4, -0.2) is 23.1 Å². The molecule has 0 spiro atoms. The van der Waals surface area contributed by atoms with Crippen molar-refractivity contribution in [2.24, 2.45) is 5.10 Å². The van der Waals surface area contributed by atoms with E-state index in [4.69, 9.17) is 20.8 Å². The molecule has 7 nitrogen and oxygen atoms in total. The number of hydrazone groups is 1. The number of fused-ring (bicyclic) bond motifs is 1. The number of rotatable bonds is 6. The number of nitrogens with one attached hydrogen (secondary N) is 2. The monoisotopic (exact) mass is 639 g/mol. The molecule has 0 radical (unpaired) electrons. The maximum absolute atomic E-state index is 13.3. The molecule has 3 aromatic carbocycles. The van der Waals surface area contributed by atoms with Crippen LogP contribution in [0, 0.1) is 0 Å². The van der Waals surface area contributed by atoms with Crippen molar-refractivity contribution in [1.82, 2.24) is 10.4 Å². The average Bonchev–Trinajstić information content (AvgIpc) is 3.54. The minimum atomic E-state index is -0.653. The molecule has 184 valence electrons. The minimum Gasteiger partial charge on any atom is -0.457 e. The Morgan fingerprint density at radius 2 is 1.78 bits per heavy atom. The fourth-order valence-corrected chi connectivity index (χ4v) is 4.72. The van der Waals surface area contributed by atoms with E-state index in [-0.39, 0.29) is 11.5 Å². The molecule has 2 heterocycles. The summed E-state index contributed by atoms with van der Waals surface area (Å²) in [6.45, 7) is 0. The molecule has 0 aliphatic rings. The Morgan fingerprint density at radius 3 is 2.57 bits per heavy atom. The lowest BCUT2D eigenvalue weighted by molar-refractivity contribution is 0.0700. The molecule has 0 saturated carbocycles. The first-order valence-electron chi connectivity index (χ1n) is 10.9. The summed E-state index contributed by atoms with van der Waals surface area (Å²) in [7, 11) is 0. The van der Waals surface area contributed by atoms with Gasteiger partial charge in [-0.05, 0) is 54.6 Å². The van der Waals surface area contributed by atoms with Gasteiger partial charge >= 0.3 is 5.97 Å².